The van der Waals surface area contributed by atoms with E-state index in [9.17, 15) is 14.4 Å². The maximum atomic E-state index is 10.6. The summed E-state index contributed by atoms with van der Waals surface area (Å²) < 4.78 is 0. The predicted molar refractivity (Wildman–Crippen MR) is 41.4 cm³/mol. The van der Waals surface area contributed by atoms with Crippen LogP contribution in [-0.2, 0) is 9.63 Å². The lowest BCUT2D eigenvalue weighted by Gasteiger charge is -2.04. The van der Waals surface area contributed by atoms with Gasteiger partial charge in [-0.25, -0.2) is 10.3 Å². The van der Waals surface area contributed by atoms with Crippen molar-refractivity contribution < 1.29 is 9.63 Å². The van der Waals surface area contributed by atoms with E-state index in [-0.39, 0.29) is 12.1 Å². The first kappa shape index (κ1) is 8.45. The van der Waals surface area contributed by atoms with Gasteiger partial charge in [-0.3, -0.25) is 9.59 Å². The van der Waals surface area contributed by atoms with Crippen molar-refractivity contribution in [2.45, 2.75) is 13.3 Å². The van der Waals surface area contributed by atoms with Gasteiger partial charge in [0.25, 0.3) is 5.43 Å². The lowest BCUT2D eigenvalue weighted by molar-refractivity contribution is -0.140. The molecular formula is C7H7NO4. The summed E-state index contributed by atoms with van der Waals surface area (Å²) in [6.45, 7) is 1.62. The Labute approximate surface area is 67.6 Å². The molecule has 0 amide bonds. The van der Waals surface area contributed by atoms with E-state index in [1.807, 2.05) is 0 Å². The molecule has 0 unspecified atom stereocenters. The van der Waals surface area contributed by atoms with E-state index in [1.165, 1.54) is 0 Å². The average Bonchev–Trinajstić information content (AvgIpc) is 2.10. The molecule has 0 atom stereocenters. The molecule has 0 fully saturated rings. The van der Waals surface area contributed by atoms with Gasteiger partial charge in [-0.2, -0.15) is 0 Å². The number of hydrogen-bond donors (Lipinski definition) is 1. The van der Waals surface area contributed by atoms with E-state index >= 15 is 0 Å². The van der Waals surface area contributed by atoms with Gasteiger partial charge in [-0.05, 0) is 0 Å². The molecule has 0 saturated carbocycles. The summed E-state index contributed by atoms with van der Waals surface area (Å²) in [6, 6.07) is 1.07. The van der Waals surface area contributed by atoms with Crippen molar-refractivity contribution in [2.24, 2.45) is 0 Å². The normalized spacial score (nSPS) is 9.75. The Morgan fingerprint density at radius 1 is 1.58 bits per heavy atom. The van der Waals surface area contributed by atoms with Gasteiger partial charge in [-0.1, -0.05) is 6.92 Å². The van der Waals surface area contributed by atoms with Crippen LogP contribution in [0.4, 0.5) is 5.69 Å². The van der Waals surface area contributed by atoms with Crippen molar-refractivity contribution in [3.8, 4) is 0 Å². The Balaban J connectivity index is 2.46. The van der Waals surface area contributed by atoms with Gasteiger partial charge in [0.15, 0.2) is 0 Å². The lowest BCUT2D eigenvalue weighted by atomic mass is 10.3. The summed E-state index contributed by atoms with van der Waals surface area (Å²) in [6.07, 6.45) is 0.211. The van der Waals surface area contributed by atoms with Crippen LogP contribution in [0.15, 0.2) is 15.7 Å². The number of anilines is 1. The third-order valence-electron chi connectivity index (χ3n) is 1.31. The molecule has 0 saturated heterocycles. The molecule has 0 radical (unpaired) electrons. The molecule has 0 bridgehead atoms. The minimum absolute atomic E-state index is 0.0294. The van der Waals surface area contributed by atoms with Crippen molar-refractivity contribution in [3.05, 3.63) is 26.5 Å². The highest BCUT2D eigenvalue weighted by atomic mass is 16.7. The summed E-state index contributed by atoms with van der Waals surface area (Å²) in [4.78, 5) is 35.9. The zero-order valence-electron chi connectivity index (χ0n) is 6.42. The lowest BCUT2D eigenvalue weighted by Crippen LogP contribution is -2.33. The second-order valence-electron chi connectivity index (χ2n) is 2.18. The molecule has 0 aliphatic heterocycles. The summed E-state index contributed by atoms with van der Waals surface area (Å²) in [5, 5.41) is 0. The second kappa shape index (κ2) is 3.17. The van der Waals surface area contributed by atoms with Gasteiger partial charge in [0.05, 0.1) is 0 Å². The van der Waals surface area contributed by atoms with Gasteiger partial charge in [0, 0.05) is 12.5 Å². The first-order valence-electron chi connectivity index (χ1n) is 3.41. The van der Waals surface area contributed by atoms with Crippen LogP contribution in [0.3, 0.4) is 0 Å². The fourth-order valence-electron chi connectivity index (χ4n) is 0.577. The molecule has 1 rings (SSSR count). The third-order valence-corrected chi connectivity index (χ3v) is 1.31. The summed E-state index contributed by atoms with van der Waals surface area (Å²) in [5.74, 6) is -0.483. The topological polar surface area (TPSA) is 72.5 Å². The molecule has 0 aliphatic rings. The van der Waals surface area contributed by atoms with Crippen molar-refractivity contribution in [1.82, 2.24) is 0 Å². The monoisotopic (exact) mass is 169 g/mol. The summed E-state index contributed by atoms with van der Waals surface area (Å²) >= 11 is 0. The molecular weight excluding hydrogens is 162 g/mol. The highest BCUT2D eigenvalue weighted by Gasteiger charge is 2.09. The Morgan fingerprint density at radius 2 is 2.25 bits per heavy atom. The van der Waals surface area contributed by atoms with Gasteiger partial charge in [0.2, 0.25) is 5.43 Å². The SMILES string of the molecule is CCC(=O)ONc1cc(=O)c1=O. The van der Waals surface area contributed by atoms with E-state index in [2.05, 4.69) is 10.3 Å². The Hall–Kier alpha value is -1.65. The molecule has 1 N–H and O–H groups in total. The molecule has 0 heterocycles. The van der Waals surface area contributed by atoms with E-state index < -0.39 is 16.8 Å². The number of rotatable bonds is 3. The largest absolute Gasteiger partial charge is 0.343 e. The first-order valence-corrected chi connectivity index (χ1v) is 3.41. The van der Waals surface area contributed by atoms with Crippen molar-refractivity contribution in [2.75, 3.05) is 5.48 Å². The fraction of sp³-hybridized carbons (Fsp3) is 0.286. The van der Waals surface area contributed by atoms with Crippen LogP contribution in [0, 0.1) is 0 Å². The minimum Gasteiger partial charge on any atom is -0.343 e. The quantitative estimate of drug-likeness (QED) is 0.490. The molecule has 1 aromatic rings. The molecule has 64 valence electrons. The zero-order chi connectivity index (χ0) is 9.14. The Bertz CT molecular complexity index is 361. The van der Waals surface area contributed by atoms with Crippen LogP contribution >= 0.6 is 0 Å². The average molecular weight is 169 g/mol. The Kier molecular flexibility index (Phi) is 2.23. The second-order valence-corrected chi connectivity index (χ2v) is 2.18. The van der Waals surface area contributed by atoms with Crippen molar-refractivity contribution >= 4 is 11.7 Å². The maximum Gasteiger partial charge on any atom is 0.331 e. The van der Waals surface area contributed by atoms with E-state index in [1.54, 1.807) is 6.92 Å². The van der Waals surface area contributed by atoms with Gasteiger partial charge in [0.1, 0.15) is 5.69 Å². The van der Waals surface area contributed by atoms with Crippen LogP contribution in [-0.4, -0.2) is 5.97 Å². The first-order chi connectivity index (χ1) is 5.65. The molecule has 5 nitrogen and oxygen atoms in total. The standard InChI is InChI=1S/C7H7NO4/c1-2-6(10)12-8-4-3-5(9)7(4)11/h3,8H,2H2,1H3. The van der Waals surface area contributed by atoms with Crippen LogP contribution < -0.4 is 16.3 Å². The van der Waals surface area contributed by atoms with E-state index in [4.69, 9.17) is 0 Å². The van der Waals surface area contributed by atoms with E-state index in [0.717, 1.165) is 6.07 Å². The highest BCUT2D eigenvalue weighted by molar-refractivity contribution is 5.70. The summed E-state index contributed by atoms with van der Waals surface area (Å²) in [7, 11) is 0. The van der Waals surface area contributed by atoms with Gasteiger partial charge >= 0.3 is 5.97 Å². The molecule has 0 spiro atoms. The Morgan fingerprint density at radius 3 is 2.67 bits per heavy atom. The van der Waals surface area contributed by atoms with Crippen molar-refractivity contribution in [3.63, 3.8) is 0 Å². The van der Waals surface area contributed by atoms with Crippen LogP contribution in [0.1, 0.15) is 13.3 Å². The molecule has 0 aromatic heterocycles. The molecule has 1 aromatic carbocycles. The maximum absolute atomic E-state index is 10.6. The number of carbonyl (C=O) groups excluding carboxylic acids is 1. The third kappa shape index (κ3) is 1.50. The summed E-state index contributed by atoms with van der Waals surface area (Å²) in [5.41, 5.74) is 0.888. The molecule has 12 heavy (non-hydrogen) atoms. The van der Waals surface area contributed by atoms with Crippen LogP contribution in [0.5, 0.6) is 0 Å². The predicted octanol–water partition coefficient (Wildman–Crippen LogP) is -0.437. The van der Waals surface area contributed by atoms with Crippen LogP contribution in [0.2, 0.25) is 0 Å². The van der Waals surface area contributed by atoms with Crippen molar-refractivity contribution in [1.29, 1.82) is 0 Å². The number of carbonyl (C=O) groups is 1. The van der Waals surface area contributed by atoms with Crippen LogP contribution in [0.25, 0.3) is 0 Å². The molecule has 0 aliphatic carbocycles. The minimum atomic E-state index is -0.654. The molecule has 5 heteroatoms. The van der Waals surface area contributed by atoms with Gasteiger partial charge in [-0.15, -0.1) is 0 Å². The van der Waals surface area contributed by atoms with Gasteiger partial charge < -0.3 is 4.84 Å². The zero-order valence-corrected chi connectivity index (χ0v) is 6.42. The van der Waals surface area contributed by atoms with E-state index in [0.29, 0.717) is 0 Å². The smallest absolute Gasteiger partial charge is 0.331 e. The number of hydrogen-bond acceptors (Lipinski definition) is 5. The number of nitrogens with one attached hydrogen (secondary N) is 1. The fourth-order valence-corrected chi connectivity index (χ4v) is 0.577. The highest BCUT2D eigenvalue weighted by Crippen LogP contribution is 1.95.